The van der Waals surface area contributed by atoms with Gasteiger partial charge in [-0.1, -0.05) is 24.3 Å². The number of hydrogen-bond donors (Lipinski definition) is 0. The minimum atomic E-state index is -0.320. The second kappa shape index (κ2) is 4.67. The lowest BCUT2D eigenvalue weighted by molar-refractivity contribution is 0.0605. The van der Waals surface area contributed by atoms with Crippen LogP contribution in [-0.4, -0.2) is 18.1 Å². The molecular weight excluding hydrogens is 234 g/mol. The summed E-state index contributed by atoms with van der Waals surface area (Å²) in [6.07, 6.45) is 0. The lowest BCUT2D eigenvalue weighted by Crippen LogP contribution is -1.99. The highest BCUT2D eigenvalue weighted by Crippen LogP contribution is 2.30. The number of aromatic nitrogens is 1. The molecule has 0 saturated carbocycles. The summed E-state index contributed by atoms with van der Waals surface area (Å²) in [5, 5.41) is 0.862. The number of benzene rings is 1. The van der Waals surface area contributed by atoms with Gasteiger partial charge in [-0.05, 0) is 19.4 Å². The molecule has 0 aliphatic carbocycles. The number of aryl methyl sites for hydroxylation is 2. The van der Waals surface area contributed by atoms with Gasteiger partial charge in [0.15, 0.2) is 0 Å². The molecule has 0 saturated heterocycles. The van der Waals surface area contributed by atoms with Gasteiger partial charge in [-0.15, -0.1) is 11.3 Å². The molecule has 0 amide bonds. The molecule has 0 radical (unpaired) electrons. The second-order valence-electron chi connectivity index (χ2n) is 3.74. The molecule has 2 rings (SSSR count). The highest BCUT2D eigenvalue weighted by molar-refractivity contribution is 7.17. The van der Waals surface area contributed by atoms with E-state index in [1.807, 2.05) is 38.1 Å². The van der Waals surface area contributed by atoms with Crippen LogP contribution in [0.25, 0.3) is 10.6 Å². The van der Waals surface area contributed by atoms with Crippen LogP contribution in [0, 0.1) is 13.8 Å². The maximum absolute atomic E-state index is 11.5. The third-order valence-corrected chi connectivity index (χ3v) is 3.71. The summed E-state index contributed by atoms with van der Waals surface area (Å²) in [5.74, 6) is -0.320. The summed E-state index contributed by atoms with van der Waals surface area (Å²) in [7, 11) is 1.38. The van der Waals surface area contributed by atoms with Crippen molar-refractivity contribution in [1.82, 2.24) is 4.98 Å². The van der Waals surface area contributed by atoms with Crippen LogP contribution in [0.1, 0.15) is 20.9 Å². The van der Waals surface area contributed by atoms with Crippen LogP contribution in [-0.2, 0) is 4.74 Å². The van der Waals surface area contributed by atoms with Crippen LogP contribution < -0.4 is 0 Å². The predicted molar refractivity (Wildman–Crippen MR) is 68.4 cm³/mol. The van der Waals surface area contributed by atoms with Crippen molar-refractivity contribution in [3.05, 3.63) is 40.4 Å². The Balaban J connectivity index is 2.49. The standard InChI is InChI=1S/C13H13NO2S/c1-8-6-4-5-7-10(8)12-14-9(2)11(17-12)13(15)16-3/h4-7H,1-3H3. The zero-order chi connectivity index (χ0) is 12.4. The SMILES string of the molecule is COC(=O)c1sc(-c2ccccc2C)nc1C. The fourth-order valence-electron chi connectivity index (χ4n) is 1.61. The number of ether oxygens (including phenoxy) is 1. The van der Waals surface area contributed by atoms with Gasteiger partial charge < -0.3 is 4.74 Å². The lowest BCUT2D eigenvalue weighted by atomic mass is 10.1. The van der Waals surface area contributed by atoms with E-state index in [0.29, 0.717) is 4.88 Å². The first-order chi connectivity index (χ1) is 8.13. The molecule has 1 aromatic heterocycles. The Labute approximate surface area is 104 Å². The van der Waals surface area contributed by atoms with Gasteiger partial charge in [-0.3, -0.25) is 0 Å². The van der Waals surface area contributed by atoms with Gasteiger partial charge in [0.1, 0.15) is 9.88 Å². The first kappa shape index (κ1) is 11.8. The first-order valence-electron chi connectivity index (χ1n) is 5.25. The number of carbonyl (C=O) groups excluding carboxylic acids is 1. The van der Waals surface area contributed by atoms with E-state index in [1.54, 1.807) is 0 Å². The summed E-state index contributed by atoms with van der Waals surface area (Å²) in [6.45, 7) is 3.86. The molecule has 4 heteroatoms. The Morgan fingerprint density at radius 1 is 1.29 bits per heavy atom. The van der Waals surface area contributed by atoms with Crippen molar-refractivity contribution in [3.8, 4) is 10.6 Å². The van der Waals surface area contributed by atoms with Crippen LogP contribution in [0.3, 0.4) is 0 Å². The first-order valence-corrected chi connectivity index (χ1v) is 6.07. The molecule has 3 nitrogen and oxygen atoms in total. The van der Waals surface area contributed by atoms with E-state index < -0.39 is 0 Å². The third-order valence-electron chi connectivity index (χ3n) is 2.54. The Morgan fingerprint density at radius 3 is 2.65 bits per heavy atom. The number of hydrogen-bond acceptors (Lipinski definition) is 4. The number of thiazole rings is 1. The number of carbonyl (C=O) groups is 1. The van der Waals surface area contributed by atoms with E-state index in [4.69, 9.17) is 4.74 Å². The van der Waals surface area contributed by atoms with E-state index in [9.17, 15) is 4.79 Å². The van der Waals surface area contributed by atoms with Crippen molar-refractivity contribution in [2.24, 2.45) is 0 Å². The minimum Gasteiger partial charge on any atom is -0.465 e. The van der Waals surface area contributed by atoms with E-state index in [1.165, 1.54) is 18.4 Å². The lowest BCUT2D eigenvalue weighted by Gasteiger charge is -1.99. The van der Waals surface area contributed by atoms with Crippen LogP contribution in [0.5, 0.6) is 0 Å². The maximum Gasteiger partial charge on any atom is 0.349 e. The molecule has 0 spiro atoms. The number of nitrogens with zero attached hydrogens (tertiary/aromatic N) is 1. The fraction of sp³-hybridized carbons (Fsp3) is 0.231. The number of esters is 1. The highest BCUT2D eigenvalue weighted by Gasteiger charge is 2.16. The summed E-state index contributed by atoms with van der Waals surface area (Å²) >= 11 is 1.37. The minimum absolute atomic E-state index is 0.320. The molecule has 1 heterocycles. The van der Waals surface area contributed by atoms with Crippen molar-refractivity contribution < 1.29 is 9.53 Å². The van der Waals surface area contributed by atoms with Crippen LogP contribution in [0.15, 0.2) is 24.3 Å². The van der Waals surface area contributed by atoms with Gasteiger partial charge in [0.25, 0.3) is 0 Å². The summed E-state index contributed by atoms with van der Waals surface area (Å²) in [6, 6.07) is 8.00. The molecule has 0 aliphatic rings. The van der Waals surface area contributed by atoms with E-state index in [2.05, 4.69) is 4.98 Å². The molecule has 0 atom stereocenters. The molecule has 0 aliphatic heterocycles. The quantitative estimate of drug-likeness (QED) is 0.765. The Hall–Kier alpha value is -1.68. The molecule has 0 fully saturated rings. The summed E-state index contributed by atoms with van der Waals surface area (Å²) in [5.41, 5.74) is 2.94. The van der Waals surface area contributed by atoms with Crippen LogP contribution in [0.4, 0.5) is 0 Å². The molecule has 0 bridgehead atoms. The van der Waals surface area contributed by atoms with Crippen molar-refractivity contribution >= 4 is 17.3 Å². The molecule has 0 unspecified atom stereocenters. The summed E-state index contributed by atoms with van der Waals surface area (Å²) in [4.78, 5) is 16.5. The highest BCUT2D eigenvalue weighted by atomic mass is 32.1. The van der Waals surface area contributed by atoms with Gasteiger partial charge in [0.2, 0.25) is 0 Å². The van der Waals surface area contributed by atoms with Crippen molar-refractivity contribution in [2.45, 2.75) is 13.8 Å². The van der Waals surface area contributed by atoms with E-state index in [0.717, 1.165) is 21.8 Å². The maximum atomic E-state index is 11.5. The van der Waals surface area contributed by atoms with Crippen molar-refractivity contribution in [3.63, 3.8) is 0 Å². The smallest absolute Gasteiger partial charge is 0.349 e. The monoisotopic (exact) mass is 247 g/mol. The van der Waals surface area contributed by atoms with Gasteiger partial charge in [0.05, 0.1) is 12.8 Å². The average molecular weight is 247 g/mol. The molecule has 2 aromatic rings. The predicted octanol–water partition coefficient (Wildman–Crippen LogP) is 3.21. The molecule has 17 heavy (non-hydrogen) atoms. The normalized spacial score (nSPS) is 10.3. The number of rotatable bonds is 2. The topological polar surface area (TPSA) is 39.2 Å². The Kier molecular flexibility index (Phi) is 3.24. The van der Waals surface area contributed by atoms with E-state index in [-0.39, 0.29) is 5.97 Å². The zero-order valence-corrected chi connectivity index (χ0v) is 10.8. The fourth-order valence-corrected chi connectivity index (χ4v) is 2.68. The van der Waals surface area contributed by atoms with Crippen molar-refractivity contribution in [2.75, 3.05) is 7.11 Å². The van der Waals surface area contributed by atoms with Crippen molar-refractivity contribution in [1.29, 1.82) is 0 Å². The molecular formula is C13H13NO2S. The van der Waals surface area contributed by atoms with Gasteiger partial charge in [-0.25, -0.2) is 9.78 Å². The second-order valence-corrected chi connectivity index (χ2v) is 4.74. The molecule has 1 aromatic carbocycles. The van der Waals surface area contributed by atoms with Gasteiger partial charge in [-0.2, -0.15) is 0 Å². The largest absolute Gasteiger partial charge is 0.465 e. The molecule has 0 N–H and O–H groups in total. The number of methoxy groups -OCH3 is 1. The van der Waals surface area contributed by atoms with Gasteiger partial charge in [0, 0.05) is 5.56 Å². The summed E-state index contributed by atoms with van der Waals surface area (Å²) < 4.78 is 4.73. The Bertz CT molecular complexity index is 560. The van der Waals surface area contributed by atoms with E-state index >= 15 is 0 Å². The van der Waals surface area contributed by atoms with Crippen LogP contribution in [0.2, 0.25) is 0 Å². The molecule has 88 valence electrons. The third kappa shape index (κ3) is 2.22. The van der Waals surface area contributed by atoms with Crippen LogP contribution >= 0.6 is 11.3 Å². The van der Waals surface area contributed by atoms with Gasteiger partial charge >= 0.3 is 5.97 Å². The Morgan fingerprint density at radius 2 is 2.00 bits per heavy atom. The zero-order valence-electron chi connectivity index (χ0n) is 9.98. The average Bonchev–Trinajstić information content (AvgIpc) is 2.71.